The molecular weight excluding hydrogens is 257 g/mol. The third kappa shape index (κ3) is 3.48. The molecule has 0 aromatic heterocycles. The van der Waals surface area contributed by atoms with Gasteiger partial charge in [0, 0.05) is 17.7 Å². The lowest BCUT2D eigenvalue weighted by atomic mass is 10.1. The standard InChI is InChI=1S/C16H18FNO2/c1-11(18)15-7-6-14(9-16(15)17)20-10-12-4-3-5-13(8-12)19-2/h3-9,11H,10,18H2,1-2H3/t11-/m0/s1. The monoisotopic (exact) mass is 275 g/mol. The average Bonchev–Trinajstić information content (AvgIpc) is 2.45. The maximum Gasteiger partial charge on any atom is 0.131 e. The zero-order chi connectivity index (χ0) is 14.5. The van der Waals surface area contributed by atoms with Crippen LogP contribution < -0.4 is 15.2 Å². The van der Waals surface area contributed by atoms with E-state index in [4.69, 9.17) is 15.2 Å². The van der Waals surface area contributed by atoms with E-state index in [9.17, 15) is 4.39 Å². The van der Waals surface area contributed by atoms with Gasteiger partial charge in [-0.25, -0.2) is 4.39 Å². The van der Waals surface area contributed by atoms with E-state index in [0.29, 0.717) is 17.9 Å². The molecular formula is C16H18FNO2. The van der Waals surface area contributed by atoms with Gasteiger partial charge in [0.1, 0.15) is 23.9 Å². The summed E-state index contributed by atoms with van der Waals surface area (Å²) >= 11 is 0. The molecule has 0 saturated heterocycles. The van der Waals surface area contributed by atoms with Crippen LogP contribution in [0.15, 0.2) is 42.5 Å². The molecule has 0 heterocycles. The molecule has 0 spiro atoms. The summed E-state index contributed by atoms with van der Waals surface area (Å²) in [6.45, 7) is 2.10. The van der Waals surface area contributed by atoms with Crippen LogP contribution in [0, 0.1) is 5.82 Å². The first-order chi connectivity index (χ1) is 9.60. The van der Waals surface area contributed by atoms with Gasteiger partial charge in [-0.1, -0.05) is 18.2 Å². The van der Waals surface area contributed by atoms with Crippen LogP contribution in [0.25, 0.3) is 0 Å². The Labute approximate surface area is 118 Å². The van der Waals surface area contributed by atoms with Crippen molar-refractivity contribution in [3.63, 3.8) is 0 Å². The van der Waals surface area contributed by atoms with Gasteiger partial charge in [-0.3, -0.25) is 0 Å². The molecule has 0 saturated carbocycles. The number of methoxy groups -OCH3 is 1. The van der Waals surface area contributed by atoms with Gasteiger partial charge < -0.3 is 15.2 Å². The van der Waals surface area contributed by atoms with Gasteiger partial charge in [0.2, 0.25) is 0 Å². The summed E-state index contributed by atoms with van der Waals surface area (Å²) in [6, 6.07) is 12.0. The van der Waals surface area contributed by atoms with E-state index in [-0.39, 0.29) is 11.9 Å². The van der Waals surface area contributed by atoms with E-state index in [1.807, 2.05) is 24.3 Å². The Hall–Kier alpha value is -2.07. The summed E-state index contributed by atoms with van der Waals surface area (Å²) in [5.41, 5.74) is 7.11. The summed E-state index contributed by atoms with van der Waals surface area (Å²) in [5, 5.41) is 0. The number of nitrogens with two attached hydrogens (primary N) is 1. The second kappa shape index (κ2) is 6.39. The minimum absolute atomic E-state index is 0.331. The van der Waals surface area contributed by atoms with Gasteiger partial charge >= 0.3 is 0 Å². The third-order valence-electron chi connectivity index (χ3n) is 3.00. The summed E-state index contributed by atoms with van der Waals surface area (Å²) in [6.07, 6.45) is 0. The molecule has 4 heteroatoms. The van der Waals surface area contributed by atoms with Crippen molar-refractivity contribution >= 4 is 0 Å². The Bertz CT molecular complexity index is 584. The Morgan fingerprint density at radius 3 is 2.60 bits per heavy atom. The van der Waals surface area contributed by atoms with Gasteiger partial charge in [-0.2, -0.15) is 0 Å². The fraction of sp³-hybridized carbons (Fsp3) is 0.250. The number of halogens is 1. The summed E-state index contributed by atoms with van der Waals surface area (Å²) in [4.78, 5) is 0. The van der Waals surface area contributed by atoms with Crippen LogP contribution in [0.5, 0.6) is 11.5 Å². The molecule has 3 nitrogen and oxygen atoms in total. The van der Waals surface area contributed by atoms with Crippen LogP contribution in [-0.4, -0.2) is 7.11 Å². The number of benzene rings is 2. The van der Waals surface area contributed by atoms with E-state index in [1.54, 1.807) is 26.2 Å². The van der Waals surface area contributed by atoms with Gasteiger partial charge in [-0.05, 0) is 30.7 Å². The molecule has 0 aliphatic heterocycles. The van der Waals surface area contributed by atoms with Crippen LogP contribution in [0.3, 0.4) is 0 Å². The normalized spacial score (nSPS) is 12.0. The third-order valence-corrected chi connectivity index (χ3v) is 3.00. The molecule has 0 amide bonds. The highest BCUT2D eigenvalue weighted by atomic mass is 19.1. The van der Waals surface area contributed by atoms with Crippen LogP contribution in [0.4, 0.5) is 4.39 Å². The molecule has 2 aromatic rings. The highest BCUT2D eigenvalue weighted by Gasteiger charge is 2.08. The Kier molecular flexibility index (Phi) is 4.58. The van der Waals surface area contributed by atoms with Crippen LogP contribution in [-0.2, 0) is 6.61 Å². The maximum atomic E-state index is 13.8. The molecule has 0 radical (unpaired) electrons. The molecule has 106 valence electrons. The van der Waals surface area contributed by atoms with Crippen molar-refractivity contribution in [3.8, 4) is 11.5 Å². The summed E-state index contributed by atoms with van der Waals surface area (Å²) < 4.78 is 24.5. The first-order valence-electron chi connectivity index (χ1n) is 6.41. The lowest BCUT2D eigenvalue weighted by Crippen LogP contribution is -2.07. The highest BCUT2D eigenvalue weighted by Crippen LogP contribution is 2.22. The quantitative estimate of drug-likeness (QED) is 0.909. The lowest BCUT2D eigenvalue weighted by molar-refractivity contribution is 0.303. The number of hydrogen-bond donors (Lipinski definition) is 1. The minimum atomic E-state index is -0.344. The fourth-order valence-corrected chi connectivity index (χ4v) is 1.90. The number of rotatable bonds is 5. The first-order valence-corrected chi connectivity index (χ1v) is 6.41. The number of ether oxygens (including phenoxy) is 2. The Morgan fingerprint density at radius 1 is 1.15 bits per heavy atom. The molecule has 0 fully saturated rings. The van der Waals surface area contributed by atoms with Gasteiger partial charge in [0.15, 0.2) is 0 Å². The lowest BCUT2D eigenvalue weighted by Gasteiger charge is -2.11. The smallest absolute Gasteiger partial charge is 0.131 e. The largest absolute Gasteiger partial charge is 0.497 e. The maximum absolute atomic E-state index is 13.8. The highest BCUT2D eigenvalue weighted by molar-refractivity contribution is 5.32. The first kappa shape index (κ1) is 14.3. The van der Waals surface area contributed by atoms with E-state index in [1.165, 1.54) is 6.07 Å². The van der Waals surface area contributed by atoms with Gasteiger partial charge in [0.25, 0.3) is 0 Å². The van der Waals surface area contributed by atoms with Crippen molar-refractivity contribution < 1.29 is 13.9 Å². The van der Waals surface area contributed by atoms with Crippen LogP contribution >= 0.6 is 0 Å². The van der Waals surface area contributed by atoms with Crippen molar-refractivity contribution in [2.24, 2.45) is 5.73 Å². The van der Waals surface area contributed by atoms with Gasteiger partial charge in [0.05, 0.1) is 7.11 Å². The van der Waals surface area contributed by atoms with Crippen molar-refractivity contribution in [1.82, 2.24) is 0 Å². The SMILES string of the molecule is COc1cccc(COc2ccc([C@H](C)N)c(F)c2)c1. The van der Waals surface area contributed by atoms with Crippen LogP contribution in [0.2, 0.25) is 0 Å². The second-order valence-corrected chi connectivity index (χ2v) is 4.61. The van der Waals surface area contributed by atoms with Crippen LogP contribution in [0.1, 0.15) is 24.1 Å². The molecule has 20 heavy (non-hydrogen) atoms. The predicted molar refractivity (Wildman–Crippen MR) is 76.3 cm³/mol. The molecule has 0 unspecified atom stereocenters. The Balaban J connectivity index is 2.05. The van der Waals surface area contributed by atoms with E-state index in [2.05, 4.69) is 0 Å². The zero-order valence-corrected chi connectivity index (χ0v) is 11.6. The van der Waals surface area contributed by atoms with Crippen molar-refractivity contribution in [2.45, 2.75) is 19.6 Å². The molecule has 0 bridgehead atoms. The van der Waals surface area contributed by atoms with E-state index >= 15 is 0 Å². The van der Waals surface area contributed by atoms with Crippen molar-refractivity contribution in [1.29, 1.82) is 0 Å². The van der Waals surface area contributed by atoms with Crippen molar-refractivity contribution in [2.75, 3.05) is 7.11 Å². The molecule has 2 rings (SSSR count). The predicted octanol–water partition coefficient (Wildman–Crippen LogP) is 3.43. The van der Waals surface area contributed by atoms with Crippen molar-refractivity contribution in [3.05, 3.63) is 59.4 Å². The Morgan fingerprint density at radius 2 is 1.95 bits per heavy atom. The van der Waals surface area contributed by atoms with E-state index in [0.717, 1.165) is 11.3 Å². The molecule has 1 atom stereocenters. The van der Waals surface area contributed by atoms with Gasteiger partial charge in [-0.15, -0.1) is 0 Å². The summed E-state index contributed by atoms with van der Waals surface area (Å²) in [5.74, 6) is 0.905. The topological polar surface area (TPSA) is 44.5 Å². The molecule has 2 N–H and O–H groups in total. The number of hydrogen-bond acceptors (Lipinski definition) is 3. The molecule has 0 aliphatic rings. The van der Waals surface area contributed by atoms with E-state index < -0.39 is 0 Å². The average molecular weight is 275 g/mol. The fourth-order valence-electron chi connectivity index (χ4n) is 1.90. The molecule has 2 aromatic carbocycles. The minimum Gasteiger partial charge on any atom is -0.497 e. The molecule has 0 aliphatic carbocycles. The zero-order valence-electron chi connectivity index (χ0n) is 11.6. The second-order valence-electron chi connectivity index (χ2n) is 4.61. The summed E-state index contributed by atoms with van der Waals surface area (Å²) in [7, 11) is 1.61.